The van der Waals surface area contributed by atoms with Gasteiger partial charge in [0.05, 0.1) is 23.7 Å². The van der Waals surface area contributed by atoms with Gasteiger partial charge >= 0.3 is 0 Å². The van der Waals surface area contributed by atoms with Crippen molar-refractivity contribution in [3.8, 4) is 0 Å². The maximum atomic E-state index is 6.12. The lowest BCUT2D eigenvalue weighted by Crippen LogP contribution is -2.40. The zero-order chi connectivity index (χ0) is 14.1. The number of rotatable bonds is 3. The summed E-state index contributed by atoms with van der Waals surface area (Å²) in [7, 11) is 0. The minimum absolute atomic E-state index is 0.202. The summed E-state index contributed by atoms with van der Waals surface area (Å²) in [5.41, 5.74) is 2.10. The average molecular weight is 294 g/mol. The zero-order valence-corrected chi connectivity index (χ0v) is 12.7. The van der Waals surface area contributed by atoms with E-state index in [9.17, 15) is 0 Å². The topological polar surface area (TPSA) is 39.1 Å². The number of imidazole rings is 1. The molecule has 20 heavy (non-hydrogen) atoms. The van der Waals surface area contributed by atoms with Crippen LogP contribution in [0.5, 0.6) is 0 Å². The standard InChI is InChI=1S/C15H20ClN3O/c1-10(2)19-14-7-11(16)3-4-13(14)18-15(19)8-12-9-17-5-6-20-12/h3-4,7,10,12,17H,5-6,8-9H2,1-2H3. The zero-order valence-electron chi connectivity index (χ0n) is 11.9. The van der Waals surface area contributed by atoms with Gasteiger partial charge in [-0.15, -0.1) is 0 Å². The molecule has 1 saturated heterocycles. The predicted molar refractivity (Wildman–Crippen MR) is 81.4 cm³/mol. The van der Waals surface area contributed by atoms with Crippen molar-refractivity contribution in [2.75, 3.05) is 19.7 Å². The van der Waals surface area contributed by atoms with E-state index in [0.717, 1.165) is 48.0 Å². The Balaban J connectivity index is 1.98. The van der Waals surface area contributed by atoms with E-state index in [2.05, 4.69) is 23.7 Å². The van der Waals surface area contributed by atoms with Crippen LogP contribution in [0, 0.1) is 0 Å². The third kappa shape index (κ3) is 2.68. The lowest BCUT2D eigenvalue weighted by molar-refractivity contribution is 0.0275. The van der Waals surface area contributed by atoms with E-state index in [0.29, 0.717) is 6.04 Å². The molecule has 4 nitrogen and oxygen atoms in total. The molecule has 0 bridgehead atoms. The van der Waals surface area contributed by atoms with E-state index in [-0.39, 0.29) is 6.10 Å². The number of ether oxygens (including phenoxy) is 1. The first-order valence-electron chi connectivity index (χ1n) is 7.14. The van der Waals surface area contributed by atoms with Crippen molar-refractivity contribution < 1.29 is 4.74 Å². The van der Waals surface area contributed by atoms with Crippen molar-refractivity contribution in [1.82, 2.24) is 14.9 Å². The summed E-state index contributed by atoms with van der Waals surface area (Å²) in [6.45, 7) is 6.95. The van der Waals surface area contributed by atoms with Crippen LogP contribution in [-0.4, -0.2) is 35.4 Å². The molecule has 0 amide bonds. The van der Waals surface area contributed by atoms with Crippen LogP contribution in [0.4, 0.5) is 0 Å². The van der Waals surface area contributed by atoms with E-state index in [1.54, 1.807) is 0 Å². The Morgan fingerprint density at radius 3 is 3.05 bits per heavy atom. The smallest absolute Gasteiger partial charge is 0.112 e. The Kier molecular flexibility index (Phi) is 3.96. The molecule has 0 spiro atoms. The summed E-state index contributed by atoms with van der Waals surface area (Å²) in [5, 5.41) is 4.11. The van der Waals surface area contributed by atoms with Crippen molar-refractivity contribution in [1.29, 1.82) is 0 Å². The molecule has 1 aliphatic heterocycles. The highest BCUT2D eigenvalue weighted by molar-refractivity contribution is 6.31. The van der Waals surface area contributed by atoms with Gasteiger partial charge in [0.2, 0.25) is 0 Å². The normalized spacial score (nSPS) is 19.9. The van der Waals surface area contributed by atoms with Crippen molar-refractivity contribution in [2.24, 2.45) is 0 Å². The maximum Gasteiger partial charge on any atom is 0.112 e. The number of halogens is 1. The van der Waals surface area contributed by atoms with Crippen molar-refractivity contribution in [2.45, 2.75) is 32.4 Å². The van der Waals surface area contributed by atoms with Crippen LogP contribution >= 0.6 is 11.6 Å². The molecule has 1 atom stereocenters. The first kappa shape index (κ1) is 13.9. The van der Waals surface area contributed by atoms with Crippen LogP contribution in [0.25, 0.3) is 11.0 Å². The van der Waals surface area contributed by atoms with E-state index in [1.165, 1.54) is 0 Å². The molecule has 2 heterocycles. The fraction of sp³-hybridized carbons (Fsp3) is 0.533. The third-order valence-corrected chi connectivity index (χ3v) is 3.89. The molecule has 5 heteroatoms. The summed E-state index contributed by atoms with van der Waals surface area (Å²) in [4.78, 5) is 4.77. The van der Waals surface area contributed by atoms with Crippen LogP contribution in [-0.2, 0) is 11.2 Å². The Labute approximate surface area is 124 Å². The lowest BCUT2D eigenvalue weighted by Gasteiger charge is -2.24. The molecule has 0 radical (unpaired) electrons. The van der Waals surface area contributed by atoms with Gasteiger partial charge in [-0.05, 0) is 32.0 Å². The second-order valence-corrected chi connectivity index (χ2v) is 5.96. The largest absolute Gasteiger partial charge is 0.375 e. The van der Waals surface area contributed by atoms with Crippen LogP contribution < -0.4 is 5.32 Å². The van der Waals surface area contributed by atoms with Gasteiger partial charge in [0.1, 0.15) is 5.82 Å². The highest BCUT2D eigenvalue weighted by Crippen LogP contribution is 2.25. The SMILES string of the molecule is CC(C)n1c(CC2CNCCO2)nc2ccc(Cl)cc21. The molecule has 3 rings (SSSR count). The number of benzene rings is 1. The Hall–Kier alpha value is -1.10. The molecular weight excluding hydrogens is 274 g/mol. The molecule has 1 unspecified atom stereocenters. The summed E-state index contributed by atoms with van der Waals surface area (Å²) in [6, 6.07) is 6.22. The van der Waals surface area contributed by atoms with Gasteiger partial charge in [0, 0.05) is 30.6 Å². The molecule has 1 aromatic carbocycles. The summed E-state index contributed by atoms with van der Waals surface area (Å²) >= 11 is 6.12. The number of hydrogen-bond donors (Lipinski definition) is 1. The molecular formula is C15H20ClN3O. The van der Waals surface area contributed by atoms with Crippen molar-refractivity contribution >= 4 is 22.6 Å². The van der Waals surface area contributed by atoms with E-state index < -0.39 is 0 Å². The van der Waals surface area contributed by atoms with Crippen LogP contribution in [0.2, 0.25) is 5.02 Å². The third-order valence-electron chi connectivity index (χ3n) is 3.66. The van der Waals surface area contributed by atoms with Crippen LogP contribution in [0.15, 0.2) is 18.2 Å². The molecule has 1 fully saturated rings. The molecule has 0 saturated carbocycles. The number of nitrogens with one attached hydrogen (secondary N) is 1. The van der Waals surface area contributed by atoms with Crippen molar-refractivity contribution in [3.05, 3.63) is 29.0 Å². The van der Waals surface area contributed by atoms with E-state index >= 15 is 0 Å². The number of nitrogens with zero attached hydrogens (tertiary/aromatic N) is 2. The summed E-state index contributed by atoms with van der Waals surface area (Å²) < 4.78 is 8.06. The van der Waals surface area contributed by atoms with Crippen LogP contribution in [0.3, 0.4) is 0 Å². The van der Waals surface area contributed by atoms with E-state index in [1.807, 2.05) is 18.2 Å². The fourth-order valence-corrected chi connectivity index (χ4v) is 2.96. The van der Waals surface area contributed by atoms with Crippen molar-refractivity contribution in [3.63, 3.8) is 0 Å². The highest BCUT2D eigenvalue weighted by Gasteiger charge is 2.20. The van der Waals surface area contributed by atoms with Gasteiger partial charge < -0.3 is 14.6 Å². The Bertz CT molecular complexity index is 602. The Morgan fingerprint density at radius 1 is 1.50 bits per heavy atom. The first-order valence-corrected chi connectivity index (χ1v) is 7.51. The summed E-state index contributed by atoms with van der Waals surface area (Å²) in [5.74, 6) is 1.07. The fourth-order valence-electron chi connectivity index (χ4n) is 2.79. The molecule has 1 aliphatic rings. The quantitative estimate of drug-likeness (QED) is 0.946. The predicted octanol–water partition coefficient (Wildman–Crippen LogP) is 2.80. The minimum atomic E-state index is 0.202. The first-order chi connectivity index (χ1) is 9.65. The molecule has 1 aromatic heterocycles. The van der Waals surface area contributed by atoms with Gasteiger partial charge in [-0.3, -0.25) is 0 Å². The van der Waals surface area contributed by atoms with Crippen LogP contribution in [0.1, 0.15) is 25.7 Å². The number of aromatic nitrogens is 2. The second kappa shape index (κ2) is 5.72. The van der Waals surface area contributed by atoms with Gasteiger partial charge in [-0.2, -0.15) is 0 Å². The highest BCUT2D eigenvalue weighted by atomic mass is 35.5. The Morgan fingerprint density at radius 2 is 2.35 bits per heavy atom. The van der Waals surface area contributed by atoms with Gasteiger partial charge in [-0.25, -0.2) is 4.98 Å². The van der Waals surface area contributed by atoms with Gasteiger partial charge in [0.15, 0.2) is 0 Å². The minimum Gasteiger partial charge on any atom is -0.375 e. The van der Waals surface area contributed by atoms with Gasteiger partial charge in [-0.1, -0.05) is 11.6 Å². The number of hydrogen-bond acceptors (Lipinski definition) is 3. The number of morpholine rings is 1. The second-order valence-electron chi connectivity index (χ2n) is 5.53. The molecule has 108 valence electrons. The molecule has 1 N–H and O–H groups in total. The van der Waals surface area contributed by atoms with Gasteiger partial charge in [0.25, 0.3) is 0 Å². The monoisotopic (exact) mass is 293 g/mol. The average Bonchev–Trinajstić information content (AvgIpc) is 2.77. The number of fused-ring (bicyclic) bond motifs is 1. The summed E-state index contributed by atoms with van der Waals surface area (Å²) in [6.07, 6.45) is 1.03. The lowest BCUT2D eigenvalue weighted by atomic mass is 10.2. The molecule has 2 aromatic rings. The van der Waals surface area contributed by atoms with E-state index in [4.69, 9.17) is 21.3 Å². The molecule has 0 aliphatic carbocycles. The maximum absolute atomic E-state index is 6.12.